The van der Waals surface area contributed by atoms with Gasteiger partial charge in [-0.2, -0.15) is 5.10 Å². The Morgan fingerprint density at radius 3 is 2.59 bits per heavy atom. The summed E-state index contributed by atoms with van der Waals surface area (Å²) in [6, 6.07) is 8.86. The monoisotopic (exact) mass is 301 g/mol. The molecule has 0 bridgehead atoms. The number of benzene rings is 1. The summed E-state index contributed by atoms with van der Waals surface area (Å²) in [7, 11) is 1.51. The van der Waals surface area contributed by atoms with Crippen molar-refractivity contribution >= 4 is 17.6 Å². The molecule has 0 spiro atoms. The van der Waals surface area contributed by atoms with Crippen LogP contribution in [0.5, 0.6) is 0 Å². The summed E-state index contributed by atoms with van der Waals surface area (Å²) < 4.78 is 1.77. The van der Waals surface area contributed by atoms with Crippen LogP contribution in [0.4, 0.5) is 10.5 Å². The third kappa shape index (κ3) is 3.63. The van der Waals surface area contributed by atoms with Crippen molar-refractivity contribution < 1.29 is 9.59 Å². The molecule has 1 heterocycles. The number of nitrogens with one attached hydrogen (secondary N) is 3. The molecule has 0 unspecified atom stereocenters. The van der Waals surface area contributed by atoms with Crippen molar-refractivity contribution in [3.05, 3.63) is 41.7 Å². The molecule has 22 heavy (non-hydrogen) atoms. The van der Waals surface area contributed by atoms with Crippen molar-refractivity contribution in [1.29, 1.82) is 0 Å². The maximum atomic E-state index is 11.9. The van der Waals surface area contributed by atoms with Gasteiger partial charge in [-0.3, -0.25) is 4.79 Å². The number of hydrogen-bond acceptors (Lipinski definition) is 3. The molecular weight excluding hydrogens is 282 g/mol. The number of aromatic nitrogens is 2. The molecule has 0 atom stereocenters. The Morgan fingerprint density at radius 1 is 1.23 bits per heavy atom. The van der Waals surface area contributed by atoms with Gasteiger partial charge in [-0.25, -0.2) is 9.48 Å². The summed E-state index contributed by atoms with van der Waals surface area (Å²) in [6.07, 6.45) is 0. The first-order valence-corrected chi connectivity index (χ1v) is 6.89. The third-order valence-corrected chi connectivity index (χ3v) is 3.08. The lowest BCUT2D eigenvalue weighted by atomic mass is 10.2. The van der Waals surface area contributed by atoms with E-state index in [1.807, 2.05) is 38.1 Å². The van der Waals surface area contributed by atoms with Gasteiger partial charge >= 0.3 is 6.03 Å². The van der Waals surface area contributed by atoms with Gasteiger partial charge < -0.3 is 16.0 Å². The fraction of sp³-hybridized carbons (Fsp3) is 0.267. The predicted octanol–water partition coefficient (Wildman–Crippen LogP) is 1.36. The molecule has 1 aromatic carbocycles. The van der Waals surface area contributed by atoms with Crippen molar-refractivity contribution in [2.24, 2.45) is 0 Å². The van der Waals surface area contributed by atoms with E-state index in [1.165, 1.54) is 7.05 Å². The number of carbonyl (C=O) groups excluding carboxylic acids is 2. The van der Waals surface area contributed by atoms with E-state index in [1.54, 1.807) is 10.7 Å². The summed E-state index contributed by atoms with van der Waals surface area (Å²) in [5.41, 5.74) is 3.25. The second-order valence-corrected chi connectivity index (χ2v) is 4.84. The molecular formula is C15H19N5O2. The molecule has 2 aromatic rings. The smallest absolute Gasteiger partial charge is 0.319 e. The van der Waals surface area contributed by atoms with Crippen molar-refractivity contribution in [3.63, 3.8) is 0 Å². The minimum absolute atomic E-state index is 0.0790. The number of carbonyl (C=O) groups is 2. The first-order valence-electron chi connectivity index (χ1n) is 6.89. The van der Waals surface area contributed by atoms with Gasteiger partial charge in [0.15, 0.2) is 0 Å². The van der Waals surface area contributed by atoms with Gasteiger partial charge in [0.2, 0.25) is 5.91 Å². The molecule has 1 aromatic heterocycles. The van der Waals surface area contributed by atoms with Gasteiger partial charge in [-0.05, 0) is 32.0 Å². The average Bonchev–Trinajstić information content (AvgIpc) is 2.84. The largest absolute Gasteiger partial charge is 0.358 e. The zero-order valence-corrected chi connectivity index (χ0v) is 12.8. The summed E-state index contributed by atoms with van der Waals surface area (Å²) >= 11 is 0. The average molecular weight is 301 g/mol. The molecule has 0 aliphatic rings. The zero-order chi connectivity index (χ0) is 16.1. The zero-order valence-electron chi connectivity index (χ0n) is 12.8. The van der Waals surface area contributed by atoms with Crippen LogP contribution in [0.2, 0.25) is 0 Å². The maximum Gasteiger partial charge on any atom is 0.319 e. The lowest BCUT2D eigenvalue weighted by Gasteiger charge is -2.13. The van der Waals surface area contributed by atoms with Crippen LogP contribution in [0.1, 0.15) is 11.4 Å². The molecule has 0 aliphatic heterocycles. The highest BCUT2D eigenvalue weighted by Crippen LogP contribution is 2.21. The molecule has 7 heteroatoms. The van der Waals surface area contributed by atoms with Crippen LogP contribution in [0.25, 0.3) is 5.69 Å². The van der Waals surface area contributed by atoms with Crippen molar-refractivity contribution in [1.82, 2.24) is 20.4 Å². The van der Waals surface area contributed by atoms with E-state index in [0.717, 1.165) is 17.1 Å². The molecule has 0 saturated carbocycles. The van der Waals surface area contributed by atoms with Gasteiger partial charge in [-0.1, -0.05) is 12.1 Å². The highest BCUT2D eigenvalue weighted by Gasteiger charge is 2.11. The van der Waals surface area contributed by atoms with E-state index in [0.29, 0.717) is 5.69 Å². The number of para-hydroxylation sites is 2. The Morgan fingerprint density at radius 2 is 1.95 bits per heavy atom. The number of amides is 3. The van der Waals surface area contributed by atoms with E-state index in [2.05, 4.69) is 21.0 Å². The number of nitrogens with zero attached hydrogens (tertiary/aromatic N) is 2. The Kier molecular flexibility index (Phi) is 4.77. The first kappa shape index (κ1) is 15.6. The molecule has 7 nitrogen and oxygen atoms in total. The molecule has 0 saturated heterocycles. The van der Waals surface area contributed by atoms with E-state index >= 15 is 0 Å². The van der Waals surface area contributed by atoms with Crippen LogP contribution < -0.4 is 16.0 Å². The lowest BCUT2D eigenvalue weighted by molar-refractivity contribution is -0.119. The van der Waals surface area contributed by atoms with E-state index < -0.39 is 6.03 Å². The van der Waals surface area contributed by atoms with E-state index in [-0.39, 0.29) is 12.5 Å². The number of hydrogen-bond donors (Lipinski definition) is 3. The first-order chi connectivity index (χ1) is 10.5. The standard InChI is InChI=1S/C15H19N5O2/c1-10-8-11(2)20(19-10)13-7-5-4-6-12(13)18-15(22)17-9-14(21)16-3/h4-8H,9H2,1-3H3,(H,16,21)(H2,17,18,22). The number of anilines is 1. The highest BCUT2D eigenvalue weighted by atomic mass is 16.2. The molecule has 116 valence electrons. The van der Waals surface area contributed by atoms with Crippen LogP contribution in [-0.2, 0) is 4.79 Å². The highest BCUT2D eigenvalue weighted by molar-refractivity contribution is 5.93. The Balaban J connectivity index is 2.17. The predicted molar refractivity (Wildman–Crippen MR) is 84.1 cm³/mol. The molecule has 0 aliphatic carbocycles. The van der Waals surface area contributed by atoms with Crippen LogP contribution in [0.3, 0.4) is 0 Å². The molecule has 3 N–H and O–H groups in total. The molecule has 0 radical (unpaired) electrons. The summed E-state index contributed by atoms with van der Waals surface area (Å²) in [6.45, 7) is 3.78. The molecule has 3 amide bonds. The van der Waals surface area contributed by atoms with Crippen LogP contribution >= 0.6 is 0 Å². The number of likely N-dealkylation sites (N-methyl/N-ethyl adjacent to an activating group) is 1. The van der Waals surface area contributed by atoms with Gasteiger partial charge in [0.05, 0.1) is 23.6 Å². The fourth-order valence-electron chi connectivity index (χ4n) is 2.05. The fourth-order valence-corrected chi connectivity index (χ4v) is 2.05. The van der Waals surface area contributed by atoms with Gasteiger partial charge in [0, 0.05) is 12.7 Å². The van der Waals surface area contributed by atoms with Crippen molar-refractivity contribution in [2.45, 2.75) is 13.8 Å². The second-order valence-electron chi connectivity index (χ2n) is 4.84. The Labute approximate surface area is 128 Å². The number of aryl methyl sites for hydroxylation is 2. The summed E-state index contributed by atoms with van der Waals surface area (Å²) in [5, 5.41) is 12.1. The maximum absolute atomic E-state index is 11.9. The lowest BCUT2D eigenvalue weighted by Crippen LogP contribution is -2.37. The van der Waals surface area contributed by atoms with Crippen molar-refractivity contribution in [3.8, 4) is 5.69 Å². The minimum Gasteiger partial charge on any atom is -0.358 e. The van der Waals surface area contributed by atoms with E-state index in [9.17, 15) is 9.59 Å². The summed E-state index contributed by atoms with van der Waals surface area (Å²) in [4.78, 5) is 23.0. The summed E-state index contributed by atoms with van der Waals surface area (Å²) in [5.74, 6) is -0.262. The third-order valence-electron chi connectivity index (χ3n) is 3.08. The SMILES string of the molecule is CNC(=O)CNC(=O)Nc1ccccc1-n1nc(C)cc1C. The number of urea groups is 1. The normalized spacial score (nSPS) is 10.1. The van der Waals surface area contributed by atoms with Gasteiger partial charge in [-0.15, -0.1) is 0 Å². The molecule has 2 rings (SSSR count). The van der Waals surface area contributed by atoms with Gasteiger partial charge in [0.1, 0.15) is 0 Å². The minimum atomic E-state index is -0.447. The van der Waals surface area contributed by atoms with Gasteiger partial charge in [0.25, 0.3) is 0 Å². The second kappa shape index (κ2) is 6.75. The van der Waals surface area contributed by atoms with Crippen molar-refractivity contribution in [2.75, 3.05) is 18.9 Å². The van der Waals surface area contributed by atoms with Crippen LogP contribution in [-0.4, -0.2) is 35.3 Å². The van der Waals surface area contributed by atoms with Crippen LogP contribution in [0, 0.1) is 13.8 Å². The number of rotatable bonds is 4. The Bertz CT molecular complexity index is 693. The quantitative estimate of drug-likeness (QED) is 0.796. The molecule has 0 fully saturated rings. The van der Waals surface area contributed by atoms with E-state index in [4.69, 9.17) is 0 Å². The Hall–Kier alpha value is -2.83. The topological polar surface area (TPSA) is 88.0 Å². The van der Waals surface area contributed by atoms with Crippen LogP contribution in [0.15, 0.2) is 30.3 Å².